The molecule has 0 aliphatic heterocycles. The lowest BCUT2D eigenvalue weighted by Crippen LogP contribution is -2.24. The first-order valence-electron chi connectivity index (χ1n) is 7.95. The molecule has 1 aromatic rings. The van der Waals surface area contributed by atoms with Gasteiger partial charge < -0.3 is 9.47 Å². The monoisotopic (exact) mass is 306 g/mol. The summed E-state index contributed by atoms with van der Waals surface area (Å²) in [4.78, 5) is 12.1. The molecule has 0 aliphatic rings. The normalized spacial score (nSPS) is 13.8. The Bertz CT molecular complexity index is 492. The Balaban J connectivity index is 2.69. The van der Waals surface area contributed by atoms with Gasteiger partial charge in [0.25, 0.3) is 0 Å². The van der Waals surface area contributed by atoms with Crippen LogP contribution in [0, 0.1) is 0 Å². The van der Waals surface area contributed by atoms with Gasteiger partial charge in [-0.25, -0.2) is 4.79 Å². The van der Waals surface area contributed by atoms with Crippen molar-refractivity contribution >= 4 is 5.97 Å². The minimum absolute atomic E-state index is 0.113. The Labute approximate surface area is 135 Å². The topological polar surface area (TPSA) is 35.5 Å². The van der Waals surface area contributed by atoms with Crippen molar-refractivity contribution in [1.82, 2.24) is 0 Å². The molecule has 1 rings (SSSR count). The number of benzene rings is 1. The Hall–Kier alpha value is -1.35. The van der Waals surface area contributed by atoms with Crippen molar-refractivity contribution in [2.75, 3.05) is 6.61 Å². The molecule has 0 bridgehead atoms. The first-order valence-corrected chi connectivity index (χ1v) is 7.95. The maximum Gasteiger partial charge on any atom is 0.338 e. The molecule has 0 radical (unpaired) electrons. The molecule has 0 fully saturated rings. The maximum atomic E-state index is 12.1. The molecule has 1 aromatic carbocycles. The molecule has 3 nitrogen and oxygen atoms in total. The SMILES string of the molecule is CC(CCOC(C)(C)C)c1cccc(C(=O)OC(C)(C)C)c1. The highest BCUT2D eigenvalue weighted by Gasteiger charge is 2.19. The van der Waals surface area contributed by atoms with Gasteiger partial charge in [0.1, 0.15) is 5.60 Å². The number of carbonyl (C=O) groups excluding carboxylic acids is 1. The highest BCUT2D eigenvalue weighted by Crippen LogP contribution is 2.22. The molecular formula is C19H30O3. The fourth-order valence-corrected chi connectivity index (χ4v) is 2.02. The zero-order valence-corrected chi connectivity index (χ0v) is 15.0. The van der Waals surface area contributed by atoms with Gasteiger partial charge in [-0.05, 0) is 71.6 Å². The van der Waals surface area contributed by atoms with E-state index in [1.54, 1.807) is 6.07 Å². The third kappa shape index (κ3) is 7.08. The van der Waals surface area contributed by atoms with Crippen LogP contribution in [0.25, 0.3) is 0 Å². The summed E-state index contributed by atoms with van der Waals surface area (Å²) in [5.41, 5.74) is 1.16. The minimum atomic E-state index is -0.473. The summed E-state index contributed by atoms with van der Waals surface area (Å²) in [6.07, 6.45) is 0.926. The van der Waals surface area contributed by atoms with E-state index in [1.165, 1.54) is 0 Å². The smallest absolute Gasteiger partial charge is 0.338 e. The van der Waals surface area contributed by atoms with Crippen LogP contribution in [-0.2, 0) is 9.47 Å². The van der Waals surface area contributed by atoms with Crippen molar-refractivity contribution in [3.63, 3.8) is 0 Å². The van der Waals surface area contributed by atoms with Gasteiger partial charge in [-0.1, -0.05) is 19.1 Å². The summed E-state index contributed by atoms with van der Waals surface area (Å²) in [5.74, 6) is 0.0669. The molecular weight excluding hydrogens is 276 g/mol. The molecule has 124 valence electrons. The van der Waals surface area contributed by atoms with Crippen molar-refractivity contribution in [2.24, 2.45) is 0 Å². The van der Waals surface area contributed by atoms with Gasteiger partial charge in [0, 0.05) is 6.61 Å². The Morgan fingerprint density at radius 2 is 1.73 bits per heavy atom. The van der Waals surface area contributed by atoms with Crippen LogP contribution in [0.5, 0.6) is 0 Å². The first-order chi connectivity index (χ1) is 9.98. The lowest BCUT2D eigenvalue weighted by molar-refractivity contribution is -0.00575. The van der Waals surface area contributed by atoms with Crippen molar-refractivity contribution in [3.05, 3.63) is 35.4 Å². The summed E-state index contributed by atoms with van der Waals surface area (Å²) in [6.45, 7) is 14.7. The average molecular weight is 306 g/mol. The zero-order chi connectivity index (χ0) is 17.0. The van der Waals surface area contributed by atoms with E-state index in [2.05, 4.69) is 33.8 Å². The van der Waals surface area contributed by atoms with Gasteiger partial charge in [0.2, 0.25) is 0 Å². The van der Waals surface area contributed by atoms with E-state index in [0.717, 1.165) is 12.0 Å². The van der Waals surface area contributed by atoms with Crippen molar-refractivity contribution < 1.29 is 14.3 Å². The lowest BCUT2D eigenvalue weighted by Gasteiger charge is -2.22. The van der Waals surface area contributed by atoms with Gasteiger partial charge in [0.05, 0.1) is 11.2 Å². The largest absolute Gasteiger partial charge is 0.456 e. The Kier molecular flexibility index (Phi) is 6.18. The van der Waals surface area contributed by atoms with Gasteiger partial charge in [-0.2, -0.15) is 0 Å². The fraction of sp³-hybridized carbons (Fsp3) is 0.632. The molecule has 3 heteroatoms. The minimum Gasteiger partial charge on any atom is -0.456 e. The van der Waals surface area contributed by atoms with Crippen LogP contribution in [-0.4, -0.2) is 23.8 Å². The molecule has 0 amide bonds. The van der Waals surface area contributed by atoms with Gasteiger partial charge in [0.15, 0.2) is 0 Å². The summed E-state index contributed by atoms with van der Waals surface area (Å²) in [6, 6.07) is 7.69. The van der Waals surface area contributed by atoms with E-state index in [-0.39, 0.29) is 11.6 Å². The van der Waals surface area contributed by atoms with Crippen LogP contribution in [0.2, 0.25) is 0 Å². The second-order valence-corrected chi connectivity index (χ2v) is 7.78. The van der Waals surface area contributed by atoms with E-state index in [9.17, 15) is 4.79 Å². The number of hydrogen-bond donors (Lipinski definition) is 0. The fourth-order valence-electron chi connectivity index (χ4n) is 2.02. The Morgan fingerprint density at radius 3 is 2.27 bits per heavy atom. The van der Waals surface area contributed by atoms with E-state index in [0.29, 0.717) is 18.1 Å². The molecule has 0 spiro atoms. The van der Waals surface area contributed by atoms with Crippen LogP contribution in [0.3, 0.4) is 0 Å². The summed E-state index contributed by atoms with van der Waals surface area (Å²) < 4.78 is 11.2. The number of esters is 1. The number of ether oxygens (including phenoxy) is 2. The van der Waals surface area contributed by atoms with Gasteiger partial charge >= 0.3 is 5.97 Å². The van der Waals surface area contributed by atoms with Crippen molar-refractivity contribution in [2.45, 2.75) is 72.0 Å². The molecule has 1 atom stereocenters. The first kappa shape index (κ1) is 18.7. The molecule has 1 unspecified atom stereocenters. The molecule has 0 saturated heterocycles. The molecule has 0 saturated carbocycles. The standard InChI is InChI=1S/C19H30O3/c1-14(11-12-21-18(2,3)4)15-9-8-10-16(13-15)17(20)22-19(5,6)7/h8-10,13-14H,11-12H2,1-7H3. The summed E-state index contributed by atoms with van der Waals surface area (Å²) in [5, 5.41) is 0. The van der Waals surface area contributed by atoms with Crippen LogP contribution in [0.15, 0.2) is 24.3 Å². The summed E-state index contributed by atoms with van der Waals surface area (Å²) in [7, 11) is 0. The van der Waals surface area contributed by atoms with Gasteiger partial charge in [-0.3, -0.25) is 0 Å². The molecule has 0 aromatic heterocycles. The molecule has 0 aliphatic carbocycles. The number of carbonyl (C=O) groups is 1. The molecule has 0 heterocycles. The highest BCUT2D eigenvalue weighted by atomic mass is 16.6. The average Bonchev–Trinajstić information content (AvgIpc) is 2.35. The molecule has 22 heavy (non-hydrogen) atoms. The Morgan fingerprint density at radius 1 is 1.09 bits per heavy atom. The van der Waals surface area contributed by atoms with Crippen LogP contribution >= 0.6 is 0 Å². The van der Waals surface area contributed by atoms with Crippen molar-refractivity contribution in [3.8, 4) is 0 Å². The second kappa shape index (κ2) is 7.28. The van der Waals surface area contributed by atoms with Gasteiger partial charge in [-0.15, -0.1) is 0 Å². The van der Waals surface area contributed by atoms with Crippen LogP contribution in [0.4, 0.5) is 0 Å². The van der Waals surface area contributed by atoms with E-state index in [1.807, 2.05) is 32.9 Å². The van der Waals surface area contributed by atoms with Crippen LogP contribution < -0.4 is 0 Å². The number of rotatable bonds is 5. The van der Waals surface area contributed by atoms with E-state index >= 15 is 0 Å². The quantitative estimate of drug-likeness (QED) is 0.722. The predicted molar refractivity (Wildman–Crippen MR) is 90.3 cm³/mol. The zero-order valence-electron chi connectivity index (χ0n) is 15.0. The van der Waals surface area contributed by atoms with E-state index < -0.39 is 5.60 Å². The molecule has 0 N–H and O–H groups in total. The maximum absolute atomic E-state index is 12.1. The summed E-state index contributed by atoms with van der Waals surface area (Å²) >= 11 is 0. The van der Waals surface area contributed by atoms with E-state index in [4.69, 9.17) is 9.47 Å². The lowest BCUT2D eigenvalue weighted by atomic mass is 9.96. The third-order valence-corrected chi connectivity index (χ3v) is 3.18. The van der Waals surface area contributed by atoms with Crippen LogP contribution in [0.1, 0.15) is 76.7 Å². The third-order valence-electron chi connectivity index (χ3n) is 3.18. The van der Waals surface area contributed by atoms with Crippen molar-refractivity contribution in [1.29, 1.82) is 0 Å². The predicted octanol–water partition coefficient (Wildman–Crippen LogP) is 4.95. The number of hydrogen-bond acceptors (Lipinski definition) is 3. The second-order valence-electron chi connectivity index (χ2n) is 7.78. The highest BCUT2D eigenvalue weighted by molar-refractivity contribution is 5.89.